The Morgan fingerprint density at radius 2 is 1.70 bits per heavy atom. The van der Waals surface area contributed by atoms with E-state index in [1.165, 1.54) is 18.2 Å². The van der Waals surface area contributed by atoms with E-state index in [1.807, 2.05) is 54.2 Å². The van der Waals surface area contributed by atoms with Crippen LogP contribution in [0, 0.1) is 5.82 Å². The molecule has 4 aromatic rings. The summed E-state index contributed by atoms with van der Waals surface area (Å²) in [4.78, 5) is 26.1. The van der Waals surface area contributed by atoms with Crippen molar-refractivity contribution in [2.24, 2.45) is 7.05 Å². The zero-order chi connectivity index (χ0) is 26.4. The highest BCUT2D eigenvalue weighted by Gasteiger charge is 2.18. The van der Waals surface area contributed by atoms with Crippen LogP contribution in [-0.4, -0.2) is 37.1 Å². The molecule has 1 heterocycles. The summed E-state index contributed by atoms with van der Waals surface area (Å²) in [5.74, 6) is -0.650. The molecule has 0 spiro atoms. The summed E-state index contributed by atoms with van der Waals surface area (Å²) in [6.45, 7) is 0.302. The van der Waals surface area contributed by atoms with Crippen LogP contribution in [-0.2, 0) is 18.3 Å². The highest BCUT2D eigenvalue weighted by atomic mass is 19.1. The lowest BCUT2D eigenvalue weighted by Crippen LogP contribution is -2.36. The van der Waals surface area contributed by atoms with Crippen LogP contribution in [0.3, 0.4) is 0 Å². The first-order valence-corrected chi connectivity index (χ1v) is 11.7. The van der Waals surface area contributed by atoms with E-state index in [1.54, 1.807) is 32.4 Å². The minimum atomic E-state index is -0.709. The first kappa shape index (κ1) is 25.5. The first-order valence-electron chi connectivity index (χ1n) is 11.7. The van der Waals surface area contributed by atoms with Crippen LogP contribution < -0.4 is 20.1 Å². The molecule has 0 fully saturated rings. The summed E-state index contributed by atoms with van der Waals surface area (Å²) in [7, 11) is 5.03. The van der Waals surface area contributed by atoms with Crippen LogP contribution in [0.5, 0.6) is 11.5 Å². The molecule has 37 heavy (non-hydrogen) atoms. The summed E-state index contributed by atoms with van der Waals surface area (Å²) in [6, 6.07) is 18.9. The lowest BCUT2D eigenvalue weighted by Gasteiger charge is -2.12. The number of nitrogens with one attached hydrogen (secondary N) is 2. The quantitative estimate of drug-likeness (QED) is 0.332. The van der Waals surface area contributed by atoms with Crippen LogP contribution >= 0.6 is 0 Å². The third-order valence-corrected chi connectivity index (χ3v) is 5.99. The Labute approximate surface area is 214 Å². The number of aryl methyl sites for hydroxylation is 1. The first-order chi connectivity index (χ1) is 17.9. The molecule has 3 aromatic carbocycles. The zero-order valence-electron chi connectivity index (χ0n) is 20.9. The fourth-order valence-electron chi connectivity index (χ4n) is 4.09. The Balaban J connectivity index is 1.57. The van der Waals surface area contributed by atoms with Gasteiger partial charge in [0.1, 0.15) is 11.5 Å². The highest BCUT2D eigenvalue weighted by molar-refractivity contribution is 6.06. The lowest BCUT2D eigenvalue weighted by atomic mass is 10.1. The number of hydrogen-bond acceptors (Lipinski definition) is 4. The van der Waals surface area contributed by atoms with Crippen molar-refractivity contribution < 1.29 is 23.5 Å². The Morgan fingerprint density at radius 3 is 2.46 bits per heavy atom. The molecule has 0 unspecified atom stereocenters. The Bertz CT molecular complexity index is 1480. The van der Waals surface area contributed by atoms with Gasteiger partial charge in [0, 0.05) is 36.3 Å². The lowest BCUT2D eigenvalue weighted by molar-refractivity contribution is -0.117. The van der Waals surface area contributed by atoms with E-state index in [0.717, 1.165) is 22.0 Å². The van der Waals surface area contributed by atoms with Gasteiger partial charge < -0.3 is 24.7 Å². The summed E-state index contributed by atoms with van der Waals surface area (Å²) < 4.78 is 26.8. The molecule has 4 rings (SSSR count). The van der Waals surface area contributed by atoms with Gasteiger partial charge in [-0.1, -0.05) is 36.4 Å². The maximum Gasteiger partial charge on any atom is 0.267 e. The van der Waals surface area contributed by atoms with Gasteiger partial charge in [-0.25, -0.2) is 4.39 Å². The Kier molecular flexibility index (Phi) is 7.88. The van der Waals surface area contributed by atoms with Crippen LogP contribution in [0.15, 0.2) is 78.6 Å². The van der Waals surface area contributed by atoms with Crippen molar-refractivity contribution in [2.45, 2.75) is 6.42 Å². The van der Waals surface area contributed by atoms with E-state index in [4.69, 9.17) is 9.47 Å². The predicted octanol–water partition coefficient (Wildman–Crippen LogP) is 4.46. The average molecular weight is 502 g/mol. The number of hydrogen-bond donors (Lipinski definition) is 2. The molecule has 7 nitrogen and oxygen atoms in total. The number of ether oxygens (including phenoxy) is 2. The minimum absolute atomic E-state index is 0.0110. The average Bonchev–Trinajstić information content (AvgIpc) is 3.23. The molecule has 8 heteroatoms. The molecule has 190 valence electrons. The molecule has 0 aliphatic heterocycles. The van der Waals surface area contributed by atoms with Gasteiger partial charge in [0.15, 0.2) is 11.5 Å². The van der Waals surface area contributed by atoms with Gasteiger partial charge in [-0.05, 0) is 48.4 Å². The molecular formula is C29H28FN3O4. The number of nitrogens with zero attached hydrogens (tertiary/aromatic N) is 1. The van der Waals surface area contributed by atoms with Crippen molar-refractivity contribution in [3.8, 4) is 11.5 Å². The van der Waals surface area contributed by atoms with Gasteiger partial charge in [0.25, 0.3) is 11.8 Å². The zero-order valence-corrected chi connectivity index (χ0v) is 20.9. The molecule has 0 bridgehead atoms. The van der Waals surface area contributed by atoms with E-state index in [0.29, 0.717) is 24.5 Å². The fraction of sp³-hybridized carbons (Fsp3) is 0.172. The number of carbonyl (C=O) groups excluding carboxylic acids is 2. The predicted molar refractivity (Wildman–Crippen MR) is 141 cm³/mol. The number of para-hydroxylation sites is 1. The second-order valence-electron chi connectivity index (χ2n) is 8.40. The van der Waals surface area contributed by atoms with E-state index < -0.39 is 17.6 Å². The molecule has 2 amide bonds. The molecule has 1 aromatic heterocycles. The summed E-state index contributed by atoms with van der Waals surface area (Å²) in [6.07, 6.45) is 4.00. The highest BCUT2D eigenvalue weighted by Crippen LogP contribution is 2.27. The summed E-state index contributed by atoms with van der Waals surface area (Å²) in [5, 5.41) is 6.37. The molecule has 0 radical (unpaired) electrons. The number of rotatable bonds is 9. The number of benzene rings is 3. The number of halogens is 1. The normalized spacial score (nSPS) is 11.3. The van der Waals surface area contributed by atoms with Gasteiger partial charge in [-0.3, -0.25) is 9.59 Å². The van der Waals surface area contributed by atoms with Crippen molar-refractivity contribution in [3.05, 3.63) is 101 Å². The smallest absolute Gasteiger partial charge is 0.267 e. The fourth-order valence-corrected chi connectivity index (χ4v) is 4.09. The second kappa shape index (κ2) is 11.4. The van der Waals surface area contributed by atoms with Crippen LogP contribution in [0.25, 0.3) is 17.0 Å². The van der Waals surface area contributed by atoms with Crippen molar-refractivity contribution in [1.29, 1.82) is 0 Å². The molecule has 2 N–H and O–H groups in total. The Hall–Kier alpha value is -4.59. The standard InChI is InChI=1S/C29H28FN3O4/c1-33-18-20(21-8-5-7-11-25(21)33)17-24(32-28(34)22-9-4-6-10-23(22)30)29(35)31-15-14-19-12-13-26(36-2)27(16-19)37-3/h4-13,16-18H,14-15H2,1-3H3,(H,31,35)(H,32,34). The monoisotopic (exact) mass is 501 g/mol. The molecule has 0 saturated heterocycles. The molecule has 0 saturated carbocycles. The topological polar surface area (TPSA) is 81.6 Å². The van der Waals surface area contributed by atoms with Crippen molar-refractivity contribution in [3.63, 3.8) is 0 Å². The van der Waals surface area contributed by atoms with Crippen LogP contribution in [0.4, 0.5) is 4.39 Å². The number of methoxy groups -OCH3 is 2. The Morgan fingerprint density at radius 1 is 0.973 bits per heavy atom. The van der Waals surface area contributed by atoms with E-state index in [2.05, 4.69) is 10.6 Å². The van der Waals surface area contributed by atoms with Crippen molar-refractivity contribution in [1.82, 2.24) is 15.2 Å². The molecule has 0 atom stereocenters. The maximum atomic E-state index is 14.2. The molecule has 0 aliphatic rings. The number of fused-ring (bicyclic) bond motifs is 1. The van der Waals surface area contributed by atoms with Crippen LogP contribution in [0.2, 0.25) is 0 Å². The molecular weight excluding hydrogens is 473 g/mol. The third-order valence-electron chi connectivity index (χ3n) is 5.99. The van der Waals surface area contributed by atoms with E-state index in [9.17, 15) is 14.0 Å². The van der Waals surface area contributed by atoms with E-state index >= 15 is 0 Å². The van der Waals surface area contributed by atoms with Gasteiger partial charge in [-0.2, -0.15) is 0 Å². The molecule has 0 aliphatic carbocycles. The number of aromatic nitrogens is 1. The number of carbonyl (C=O) groups is 2. The van der Waals surface area contributed by atoms with Gasteiger partial charge in [0.05, 0.1) is 19.8 Å². The van der Waals surface area contributed by atoms with Crippen molar-refractivity contribution >= 4 is 28.8 Å². The maximum absolute atomic E-state index is 14.2. The summed E-state index contributed by atoms with van der Waals surface area (Å²) >= 11 is 0. The van der Waals surface area contributed by atoms with Crippen molar-refractivity contribution in [2.75, 3.05) is 20.8 Å². The second-order valence-corrected chi connectivity index (χ2v) is 8.40. The number of amides is 2. The van der Waals surface area contributed by atoms with E-state index in [-0.39, 0.29) is 11.3 Å². The van der Waals surface area contributed by atoms with Gasteiger partial charge in [-0.15, -0.1) is 0 Å². The minimum Gasteiger partial charge on any atom is -0.493 e. The third kappa shape index (κ3) is 5.81. The SMILES string of the molecule is COc1ccc(CCNC(=O)C(=Cc2cn(C)c3ccccc23)NC(=O)c2ccccc2F)cc1OC. The largest absolute Gasteiger partial charge is 0.493 e. The van der Waals surface area contributed by atoms with Crippen LogP contribution in [0.1, 0.15) is 21.5 Å². The summed E-state index contributed by atoms with van der Waals surface area (Å²) in [5.41, 5.74) is 2.52. The van der Waals surface area contributed by atoms with Gasteiger partial charge in [0.2, 0.25) is 0 Å². The van der Waals surface area contributed by atoms with Gasteiger partial charge >= 0.3 is 0 Å².